The molecule has 2 fully saturated rings. The van der Waals surface area contributed by atoms with Gasteiger partial charge in [-0.15, -0.1) is 0 Å². The topological polar surface area (TPSA) is 77.9 Å². The van der Waals surface area contributed by atoms with Gasteiger partial charge in [0.2, 0.25) is 5.91 Å². The van der Waals surface area contributed by atoms with Crippen molar-refractivity contribution in [3.05, 3.63) is 35.1 Å². The summed E-state index contributed by atoms with van der Waals surface area (Å²) >= 11 is 0. The van der Waals surface area contributed by atoms with Gasteiger partial charge in [-0.3, -0.25) is 9.59 Å². The van der Waals surface area contributed by atoms with E-state index in [4.69, 9.17) is 5.11 Å². The van der Waals surface area contributed by atoms with Crippen LogP contribution in [-0.2, 0) is 4.79 Å². The number of hydrogen-bond donors (Lipinski definition) is 1. The zero-order chi connectivity index (χ0) is 18.4. The van der Waals surface area contributed by atoms with Gasteiger partial charge in [0.25, 0.3) is 5.91 Å². The first-order valence-electron chi connectivity index (χ1n) is 8.34. The first-order chi connectivity index (χ1) is 11.7. The van der Waals surface area contributed by atoms with Gasteiger partial charge in [-0.2, -0.15) is 0 Å². The minimum atomic E-state index is -1.24. The van der Waals surface area contributed by atoms with Crippen molar-refractivity contribution in [1.82, 2.24) is 9.80 Å². The van der Waals surface area contributed by atoms with E-state index < -0.39 is 23.2 Å². The average Bonchev–Trinajstić information content (AvgIpc) is 3.37. The lowest BCUT2D eigenvalue weighted by Crippen LogP contribution is -2.62. The highest BCUT2D eigenvalue weighted by Gasteiger charge is 2.42. The summed E-state index contributed by atoms with van der Waals surface area (Å²) < 4.78 is 14.2. The lowest BCUT2D eigenvalue weighted by Gasteiger charge is -2.47. The molecule has 2 amide bonds. The Morgan fingerprint density at radius 1 is 1.20 bits per heavy atom. The Labute approximate surface area is 145 Å². The van der Waals surface area contributed by atoms with Gasteiger partial charge in [0.15, 0.2) is 0 Å². The third-order valence-corrected chi connectivity index (χ3v) is 4.83. The maximum atomic E-state index is 14.2. The van der Waals surface area contributed by atoms with Crippen LogP contribution in [0.15, 0.2) is 18.2 Å². The summed E-state index contributed by atoms with van der Waals surface area (Å²) in [5.74, 6) is -2.32. The van der Waals surface area contributed by atoms with Crippen LogP contribution in [0.3, 0.4) is 0 Å². The highest BCUT2D eigenvalue weighted by atomic mass is 19.1. The van der Waals surface area contributed by atoms with Gasteiger partial charge >= 0.3 is 5.97 Å². The minimum absolute atomic E-state index is 0.124. The normalized spacial score (nSPS) is 19.6. The van der Waals surface area contributed by atoms with Crippen LogP contribution in [0.2, 0.25) is 0 Å². The molecule has 0 atom stereocenters. The molecule has 0 bridgehead atoms. The largest absolute Gasteiger partial charge is 0.478 e. The number of carboxylic acid groups (broad SMARTS) is 1. The Morgan fingerprint density at radius 3 is 2.40 bits per heavy atom. The van der Waals surface area contributed by atoms with Gasteiger partial charge in [0.05, 0.1) is 16.7 Å². The second-order valence-corrected chi connectivity index (χ2v) is 7.30. The van der Waals surface area contributed by atoms with Crippen molar-refractivity contribution in [2.45, 2.75) is 32.2 Å². The second-order valence-electron chi connectivity index (χ2n) is 7.30. The molecule has 1 aliphatic carbocycles. The van der Waals surface area contributed by atoms with Gasteiger partial charge < -0.3 is 14.9 Å². The van der Waals surface area contributed by atoms with Crippen LogP contribution in [0.25, 0.3) is 0 Å². The van der Waals surface area contributed by atoms with E-state index in [2.05, 4.69) is 0 Å². The molecule has 1 aromatic rings. The number of rotatable bonds is 3. The molecule has 134 valence electrons. The summed E-state index contributed by atoms with van der Waals surface area (Å²) in [6, 6.07) is 3.28. The smallest absolute Gasteiger partial charge is 0.335 e. The zero-order valence-electron chi connectivity index (χ0n) is 14.3. The van der Waals surface area contributed by atoms with Crippen molar-refractivity contribution in [3.8, 4) is 0 Å². The number of aromatic carboxylic acids is 1. The maximum absolute atomic E-state index is 14.2. The predicted molar refractivity (Wildman–Crippen MR) is 87.8 cm³/mol. The number of amides is 2. The molecule has 25 heavy (non-hydrogen) atoms. The number of nitrogens with zero attached hydrogens (tertiary/aromatic N) is 2. The van der Waals surface area contributed by atoms with E-state index in [9.17, 15) is 18.8 Å². The van der Waals surface area contributed by atoms with Crippen LogP contribution in [-0.4, -0.2) is 57.9 Å². The molecule has 0 spiro atoms. The molecule has 0 unspecified atom stereocenters. The second kappa shape index (κ2) is 6.13. The number of halogens is 1. The van der Waals surface area contributed by atoms with Crippen LogP contribution in [0.5, 0.6) is 0 Å². The summed E-state index contributed by atoms with van der Waals surface area (Å²) in [7, 11) is 0. The number of carbonyl (C=O) groups is 3. The van der Waals surface area contributed by atoms with E-state index in [1.807, 2.05) is 13.8 Å². The van der Waals surface area contributed by atoms with Crippen molar-refractivity contribution in [3.63, 3.8) is 0 Å². The third-order valence-electron chi connectivity index (χ3n) is 4.83. The molecule has 1 saturated carbocycles. The highest BCUT2D eigenvalue weighted by Crippen LogP contribution is 2.33. The standard InChI is InChI=1S/C18H21FN2O4/c1-18(2)10-20(15(22)11-3-4-11)7-8-21(18)16(23)13-6-5-12(17(24)25)9-14(13)19/h5-6,9,11H,3-4,7-8,10H2,1-2H3,(H,24,25). The molecule has 1 aromatic carbocycles. The van der Waals surface area contributed by atoms with Crippen LogP contribution in [0, 0.1) is 11.7 Å². The molecule has 1 heterocycles. The average molecular weight is 348 g/mol. The molecule has 6 nitrogen and oxygen atoms in total. The summed E-state index contributed by atoms with van der Waals surface area (Å²) in [5, 5.41) is 8.90. The number of carboxylic acids is 1. The predicted octanol–water partition coefficient (Wildman–Crippen LogP) is 2.00. The van der Waals surface area contributed by atoms with Crippen molar-refractivity contribution in [1.29, 1.82) is 0 Å². The Morgan fingerprint density at radius 2 is 1.88 bits per heavy atom. The SMILES string of the molecule is CC1(C)CN(C(=O)C2CC2)CCN1C(=O)c1ccc(C(=O)O)cc1F. The van der Waals surface area contributed by atoms with E-state index in [0.29, 0.717) is 19.6 Å². The molecule has 2 aliphatic rings. The van der Waals surface area contributed by atoms with Gasteiger partial charge in [-0.05, 0) is 44.9 Å². The van der Waals surface area contributed by atoms with Crippen LogP contribution in [0.1, 0.15) is 47.4 Å². The number of piperazine rings is 1. The zero-order valence-corrected chi connectivity index (χ0v) is 14.3. The van der Waals surface area contributed by atoms with Gasteiger partial charge in [0, 0.05) is 25.6 Å². The highest BCUT2D eigenvalue weighted by molar-refractivity contribution is 5.97. The fraction of sp³-hybridized carbons (Fsp3) is 0.500. The molecule has 3 rings (SSSR count). The van der Waals surface area contributed by atoms with Crippen LogP contribution < -0.4 is 0 Å². The summed E-state index contributed by atoms with van der Waals surface area (Å²) in [5.41, 5.74) is -0.981. The lowest BCUT2D eigenvalue weighted by atomic mass is 9.96. The Kier molecular flexibility index (Phi) is 4.26. The van der Waals surface area contributed by atoms with Crippen molar-refractivity contribution < 1.29 is 23.9 Å². The fourth-order valence-corrected chi connectivity index (χ4v) is 3.27. The van der Waals surface area contributed by atoms with Crippen LogP contribution in [0.4, 0.5) is 4.39 Å². The molecule has 0 radical (unpaired) electrons. The Hall–Kier alpha value is -2.44. The summed E-state index contributed by atoms with van der Waals surface area (Å²) in [6.45, 7) is 4.86. The van der Waals surface area contributed by atoms with E-state index in [1.54, 1.807) is 9.80 Å². The third kappa shape index (κ3) is 3.36. The van der Waals surface area contributed by atoms with E-state index in [0.717, 1.165) is 18.9 Å². The first-order valence-corrected chi connectivity index (χ1v) is 8.34. The van der Waals surface area contributed by atoms with E-state index >= 15 is 0 Å². The van der Waals surface area contributed by atoms with Crippen molar-refractivity contribution in [2.75, 3.05) is 19.6 Å². The summed E-state index contributed by atoms with van der Waals surface area (Å²) in [6.07, 6.45) is 1.86. The number of hydrogen-bond acceptors (Lipinski definition) is 3. The molecule has 1 aliphatic heterocycles. The quantitative estimate of drug-likeness (QED) is 0.906. The van der Waals surface area contributed by atoms with E-state index in [1.165, 1.54) is 12.1 Å². The maximum Gasteiger partial charge on any atom is 0.335 e. The first kappa shape index (κ1) is 17.4. The van der Waals surface area contributed by atoms with Gasteiger partial charge in [-0.25, -0.2) is 9.18 Å². The minimum Gasteiger partial charge on any atom is -0.478 e. The lowest BCUT2D eigenvalue weighted by molar-refractivity contribution is -0.136. The Bertz CT molecular complexity index is 743. The summed E-state index contributed by atoms with van der Waals surface area (Å²) in [4.78, 5) is 39.3. The van der Waals surface area contributed by atoms with E-state index in [-0.39, 0.29) is 23.0 Å². The van der Waals surface area contributed by atoms with Gasteiger partial charge in [-0.1, -0.05) is 0 Å². The number of carbonyl (C=O) groups excluding carboxylic acids is 2. The fourth-order valence-electron chi connectivity index (χ4n) is 3.27. The van der Waals surface area contributed by atoms with Crippen molar-refractivity contribution in [2.24, 2.45) is 5.92 Å². The monoisotopic (exact) mass is 348 g/mol. The van der Waals surface area contributed by atoms with Gasteiger partial charge in [0.1, 0.15) is 5.82 Å². The van der Waals surface area contributed by atoms with Crippen molar-refractivity contribution >= 4 is 17.8 Å². The molecule has 7 heteroatoms. The molecule has 1 N–H and O–H groups in total. The molecular weight excluding hydrogens is 327 g/mol. The molecular formula is C18H21FN2O4. The van der Waals surface area contributed by atoms with Crippen LogP contribution >= 0.6 is 0 Å². The molecule has 1 saturated heterocycles. The Balaban J connectivity index is 1.78. The molecule has 0 aromatic heterocycles. The number of benzene rings is 1.